The molecule has 1 aliphatic rings. The maximum absolute atomic E-state index is 13.0. The van der Waals surface area contributed by atoms with Gasteiger partial charge in [0, 0.05) is 31.4 Å². The molecule has 1 amide bonds. The molecule has 3 aromatic heterocycles. The largest absolute Gasteiger partial charge is 0.338 e. The first-order valence-electron chi connectivity index (χ1n) is 9.18. The van der Waals surface area contributed by atoms with Gasteiger partial charge in [0.15, 0.2) is 0 Å². The SMILES string of the molecule is Cc1nn(C)c2sc(C(=O)N3CCC(c4nc5ccccc5s4)CC3)cc12. The molecule has 27 heavy (non-hydrogen) atoms. The lowest BCUT2D eigenvalue weighted by atomic mass is 9.97. The summed E-state index contributed by atoms with van der Waals surface area (Å²) in [5.74, 6) is 0.610. The first-order chi connectivity index (χ1) is 13.1. The highest BCUT2D eigenvalue weighted by atomic mass is 32.1. The predicted octanol–water partition coefficient (Wildman–Crippen LogP) is 4.57. The number of aryl methyl sites for hydroxylation is 2. The van der Waals surface area contributed by atoms with Crippen LogP contribution < -0.4 is 0 Å². The molecule has 0 aliphatic carbocycles. The number of para-hydroxylation sites is 1. The Bertz CT molecular complexity index is 1080. The van der Waals surface area contributed by atoms with Crippen molar-refractivity contribution in [1.29, 1.82) is 0 Å². The fraction of sp³-hybridized carbons (Fsp3) is 0.350. The number of hydrogen-bond acceptors (Lipinski definition) is 5. The smallest absolute Gasteiger partial charge is 0.264 e. The van der Waals surface area contributed by atoms with Gasteiger partial charge in [-0.3, -0.25) is 9.48 Å². The number of rotatable bonds is 2. The number of piperidine rings is 1. The number of nitrogens with zero attached hydrogens (tertiary/aromatic N) is 4. The number of thiophene rings is 1. The van der Waals surface area contributed by atoms with Gasteiger partial charge in [-0.1, -0.05) is 12.1 Å². The number of carbonyl (C=O) groups is 1. The Hall–Kier alpha value is -2.25. The third-order valence-corrected chi connectivity index (χ3v) is 7.74. The third-order valence-electron chi connectivity index (χ3n) is 5.35. The molecule has 4 aromatic rings. The molecule has 0 bridgehead atoms. The predicted molar refractivity (Wildman–Crippen MR) is 111 cm³/mol. The molecular weight excluding hydrogens is 376 g/mol. The fourth-order valence-corrected chi connectivity index (χ4v) is 6.09. The van der Waals surface area contributed by atoms with Crippen molar-refractivity contribution in [3.63, 3.8) is 0 Å². The molecule has 0 saturated carbocycles. The maximum atomic E-state index is 13.0. The Morgan fingerprint density at radius 1 is 1.19 bits per heavy atom. The van der Waals surface area contributed by atoms with Gasteiger partial charge >= 0.3 is 0 Å². The summed E-state index contributed by atoms with van der Waals surface area (Å²) in [5.41, 5.74) is 2.07. The highest BCUT2D eigenvalue weighted by molar-refractivity contribution is 7.20. The molecule has 7 heteroatoms. The monoisotopic (exact) mass is 396 g/mol. The van der Waals surface area contributed by atoms with Crippen LogP contribution in [0.5, 0.6) is 0 Å². The van der Waals surface area contributed by atoms with E-state index in [1.807, 2.05) is 35.7 Å². The first kappa shape index (κ1) is 16.9. The van der Waals surface area contributed by atoms with Gasteiger partial charge in [-0.05, 0) is 38.0 Å². The summed E-state index contributed by atoms with van der Waals surface area (Å²) in [7, 11) is 1.93. The summed E-state index contributed by atoms with van der Waals surface area (Å²) >= 11 is 3.34. The molecule has 0 spiro atoms. The average Bonchev–Trinajstić information content (AvgIpc) is 3.37. The van der Waals surface area contributed by atoms with Crippen LogP contribution >= 0.6 is 22.7 Å². The van der Waals surface area contributed by atoms with Gasteiger partial charge in [-0.15, -0.1) is 22.7 Å². The van der Waals surface area contributed by atoms with Gasteiger partial charge in [-0.2, -0.15) is 5.10 Å². The van der Waals surface area contributed by atoms with E-state index < -0.39 is 0 Å². The Labute approximate surface area is 165 Å². The number of carbonyl (C=O) groups excluding carboxylic acids is 1. The second-order valence-electron chi connectivity index (χ2n) is 7.12. The van der Waals surface area contributed by atoms with Crippen LogP contribution in [0.15, 0.2) is 30.3 Å². The molecule has 138 valence electrons. The average molecular weight is 397 g/mol. The number of benzene rings is 1. The Morgan fingerprint density at radius 3 is 2.70 bits per heavy atom. The standard InChI is InChI=1S/C20H20N4OS2/c1-12-14-11-17(27-20(14)23(2)22-12)19(25)24-9-7-13(8-10-24)18-21-15-5-3-4-6-16(15)26-18/h3-6,11,13H,7-10H2,1-2H3. The van der Waals surface area contributed by atoms with Gasteiger partial charge in [0.05, 0.1) is 25.8 Å². The topological polar surface area (TPSA) is 51.0 Å². The van der Waals surface area contributed by atoms with Crippen LogP contribution in [0.1, 0.15) is 39.1 Å². The van der Waals surface area contributed by atoms with Gasteiger partial charge < -0.3 is 4.90 Å². The molecule has 0 atom stereocenters. The van der Waals surface area contributed by atoms with E-state index in [-0.39, 0.29) is 5.91 Å². The zero-order chi connectivity index (χ0) is 18.5. The number of aromatic nitrogens is 3. The number of amides is 1. The summed E-state index contributed by atoms with van der Waals surface area (Å²) in [6, 6.07) is 10.3. The lowest BCUT2D eigenvalue weighted by Crippen LogP contribution is -2.37. The highest BCUT2D eigenvalue weighted by Crippen LogP contribution is 2.35. The van der Waals surface area contributed by atoms with E-state index in [1.54, 1.807) is 22.7 Å². The van der Waals surface area contributed by atoms with Crippen LogP contribution in [0.2, 0.25) is 0 Å². The van der Waals surface area contributed by atoms with Crippen molar-refractivity contribution >= 4 is 49.0 Å². The Morgan fingerprint density at radius 2 is 1.96 bits per heavy atom. The van der Waals surface area contributed by atoms with Crippen molar-refractivity contribution in [2.75, 3.05) is 13.1 Å². The quantitative estimate of drug-likeness (QED) is 0.499. The zero-order valence-corrected chi connectivity index (χ0v) is 16.9. The van der Waals surface area contributed by atoms with Crippen molar-refractivity contribution < 1.29 is 4.79 Å². The van der Waals surface area contributed by atoms with E-state index in [1.165, 1.54) is 9.71 Å². The van der Waals surface area contributed by atoms with Crippen LogP contribution in [0, 0.1) is 6.92 Å². The minimum Gasteiger partial charge on any atom is -0.338 e. The molecule has 1 aliphatic heterocycles. The molecule has 0 N–H and O–H groups in total. The molecule has 0 radical (unpaired) electrons. The minimum atomic E-state index is 0.151. The number of hydrogen-bond donors (Lipinski definition) is 0. The van der Waals surface area contributed by atoms with Crippen LogP contribution in [0.4, 0.5) is 0 Å². The summed E-state index contributed by atoms with van der Waals surface area (Å²) in [6.45, 7) is 3.59. The van der Waals surface area contributed by atoms with Crippen molar-refractivity contribution in [3.05, 3.63) is 45.9 Å². The van der Waals surface area contributed by atoms with E-state index in [0.29, 0.717) is 5.92 Å². The minimum absolute atomic E-state index is 0.151. The lowest BCUT2D eigenvalue weighted by molar-refractivity contribution is 0.0718. The number of likely N-dealkylation sites (tertiary alicyclic amines) is 1. The molecule has 1 saturated heterocycles. The molecule has 1 aromatic carbocycles. The van der Waals surface area contributed by atoms with Crippen LogP contribution in [-0.2, 0) is 7.05 Å². The van der Waals surface area contributed by atoms with Gasteiger partial charge in [0.2, 0.25) is 0 Å². The van der Waals surface area contributed by atoms with Crippen molar-refractivity contribution in [2.45, 2.75) is 25.7 Å². The van der Waals surface area contributed by atoms with Crippen molar-refractivity contribution in [1.82, 2.24) is 19.7 Å². The third kappa shape index (κ3) is 2.85. The second kappa shape index (κ2) is 6.42. The van der Waals surface area contributed by atoms with Gasteiger partial charge in [-0.25, -0.2) is 4.98 Å². The summed E-state index contributed by atoms with van der Waals surface area (Å²) < 4.78 is 3.12. The van der Waals surface area contributed by atoms with E-state index in [0.717, 1.165) is 52.2 Å². The first-order valence-corrected chi connectivity index (χ1v) is 10.8. The van der Waals surface area contributed by atoms with Crippen LogP contribution in [0.3, 0.4) is 0 Å². The summed E-state index contributed by atoms with van der Waals surface area (Å²) in [5, 5.41) is 6.73. The molecular formula is C20H20N4OS2. The van der Waals surface area contributed by atoms with E-state index in [2.05, 4.69) is 23.3 Å². The Kier molecular flexibility index (Phi) is 4.02. The number of thiazole rings is 1. The molecule has 5 nitrogen and oxygen atoms in total. The second-order valence-corrected chi connectivity index (χ2v) is 9.22. The van der Waals surface area contributed by atoms with Crippen LogP contribution in [0.25, 0.3) is 20.4 Å². The highest BCUT2D eigenvalue weighted by Gasteiger charge is 2.27. The van der Waals surface area contributed by atoms with Crippen molar-refractivity contribution in [3.8, 4) is 0 Å². The fourth-order valence-electron chi connectivity index (χ4n) is 3.86. The molecule has 0 unspecified atom stereocenters. The molecule has 1 fully saturated rings. The maximum Gasteiger partial charge on any atom is 0.264 e. The van der Waals surface area contributed by atoms with E-state index >= 15 is 0 Å². The van der Waals surface area contributed by atoms with Gasteiger partial charge in [0.25, 0.3) is 5.91 Å². The Balaban J connectivity index is 1.31. The molecule has 5 rings (SSSR count). The molecule has 4 heterocycles. The van der Waals surface area contributed by atoms with Crippen LogP contribution in [-0.4, -0.2) is 38.7 Å². The lowest BCUT2D eigenvalue weighted by Gasteiger charge is -2.30. The van der Waals surface area contributed by atoms with Gasteiger partial charge in [0.1, 0.15) is 4.83 Å². The van der Waals surface area contributed by atoms with E-state index in [9.17, 15) is 4.79 Å². The van der Waals surface area contributed by atoms with E-state index in [4.69, 9.17) is 4.98 Å². The van der Waals surface area contributed by atoms with Crippen molar-refractivity contribution in [2.24, 2.45) is 7.05 Å². The summed E-state index contributed by atoms with van der Waals surface area (Å²) in [4.78, 5) is 21.7. The zero-order valence-electron chi connectivity index (χ0n) is 15.3. The summed E-state index contributed by atoms with van der Waals surface area (Å²) in [6.07, 6.45) is 1.97. The number of fused-ring (bicyclic) bond motifs is 2. The normalized spacial score (nSPS) is 15.9.